The zero-order valence-corrected chi connectivity index (χ0v) is 34.0. The number of rotatable bonds is 19. The smallest absolute Gasteiger partial charge is 0.410 e. The molecule has 0 saturated heterocycles. The lowest BCUT2D eigenvalue weighted by molar-refractivity contribution is -0.256. The molecule has 1 amide bonds. The number of allylic oxidation sites excluding steroid dienone is 1. The molecular weight excluding hydrogens is 728 g/mol. The second kappa shape index (κ2) is 18.8. The fraction of sp³-hybridized carbons (Fsp3) is 0.556. The van der Waals surface area contributed by atoms with E-state index in [2.05, 4.69) is 25.3 Å². The largest absolute Gasteiger partial charge is 0.490 e. The maximum Gasteiger partial charge on any atom is 0.410 e. The molecule has 12 nitrogen and oxygen atoms in total. The molecule has 6 rings (SSSR count). The van der Waals surface area contributed by atoms with Crippen LogP contribution in [0.4, 0.5) is 4.79 Å². The minimum Gasteiger partial charge on any atom is -0.490 e. The van der Waals surface area contributed by atoms with E-state index in [-0.39, 0.29) is 63.9 Å². The van der Waals surface area contributed by atoms with Crippen molar-refractivity contribution in [2.75, 3.05) is 39.8 Å². The van der Waals surface area contributed by atoms with Crippen LogP contribution >= 0.6 is 0 Å². The fourth-order valence-electron chi connectivity index (χ4n) is 8.83. The number of aliphatic hydroxyl groups excluding tert-OH is 2. The van der Waals surface area contributed by atoms with Gasteiger partial charge in [-0.3, -0.25) is 4.90 Å². The molecule has 2 aliphatic carbocycles. The molecule has 0 bridgehead atoms. The van der Waals surface area contributed by atoms with E-state index in [0.717, 1.165) is 42.4 Å². The van der Waals surface area contributed by atoms with Gasteiger partial charge in [0, 0.05) is 37.7 Å². The molecule has 4 aliphatic rings. The molecule has 6 atom stereocenters. The van der Waals surface area contributed by atoms with Gasteiger partial charge in [-0.05, 0) is 107 Å². The van der Waals surface area contributed by atoms with Crippen molar-refractivity contribution in [3.8, 4) is 23.0 Å². The predicted octanol–water partition coefficient (Wildman–Crippen LogP) is 8.07. The molecule has 2 aromatic rings. The van der Waals surface area contributed by atoms with Gasteiger partial charge < -0.3 is 43.5 Å². The Morgan fingerprint density at radius 2 is 1.72 bits per heavy atom. The van der Waals surface area contributed by atoms with Gasteiger partial charge in [-0.2, -0.15) is 0 Å². The molecule has 2 heterocycles. The number of hydrogen-bond donors (Lipinski definition) is 2. The summed E-state index contributed by atoms with van der Waals surface area (Å²) in [5, 5.41) is 24.7. The summed E-state index contributed by atoms with van der Waals surface area (Å²) in [6.07, 6.45) is 10.1. The predicted molar refractivity (Wildman–Crippen MR) is 217 cm³/mol. The van der Waals surface area contributed by atoms with Crippen LogP contribution in [0.25, 0.3) is 0 Å². The maximum atomic E-state index is 14.4. The Bertz CT molecular complexity index is 1790. The van der Waals surface area contributed by atoms with Gasteiger partial charge in [0.25, 0.3) is 0 Å². The quantitative estimate of drug-likeness (QED) is 0.0817. The van der Waals surface area contributed by atoms with Crippen LogP contribution in [0.15, 0.2) is 78.5 Å². The number of oxime groups is 1. The maximum absolute atomic E-state index is 14.4. The highest BCUT2D eigenvalue weighted by Crippen LogP contribution is 2.62. The first kappa shape index (κ1) is 42.1. The third-order valence-electron chi connectivity index (χ3n) is 11.1. The van der Waals surface area contributed by atoms with Gasteiger partial charge in [0.15, 0.2) is 11.5 Å². The molecule has 2 aliphatic heterocycles. The van der Waals surface area contributed by atoms with Crippen molar-refractivity contribution in [3.63, 3.8) is 0 Å². The van der Waals surface area contributed by atoms with Gasteiger partial charge in [0.05, 0.1) is 24.8 Å². The Morgan fingerprint density at radius 3 is 2.44 bits per heavy atom. The number of amides is 1. The van der Waals surface area contributed by atoms with Crippen molar-refractivity contribution in [1.82, 2.24) is 4.90 Å². The van der Waals surface area contributed by atoms with Crippen molar-refractivity contribution in [2.45, 2.75) is 103 Å². The lowest BCUT2D eigenvalue weighted by Gasteiger charge is -2.60. The number of carbonyl (C=O) groups excluding carboxylic acids is 1. The van der Waals surface area contributed by atoms with Gasteiger partial charge in [0.2, 0.25) is 12.6 Å². The minimum atomic E-state index is -1.43. The third-order valence-corrected chi connectivity index (χ3v) is 11.1. The number of fused-ring (bicyclic) bond motifs is 3. The average Bonchev–Trinajstić information content (AvgIpc) is 3.67. The van der Waals surface area contributed by atoms with Crippen LogP contribution in [0, 0.1) is 17.8 Å². The molecule has 12 heteroatoms. The summed E-state index contributed by atoms with van der Waals surface area (Å²) in [6, 6.07) is 10.8. The van der Waals surface area contributed by atoms with E-state index in [1.165, 1.54) is 0 Å². The topological polar surface area (TPSA) is 138 Å². The van der Waals surface area contributed by atoms with E-state index in [1.54, 1.807) is 24.0 Å². The number of unbranched alkanes of at least 4 members (excludes halogenated alkanes) is 2. The van der Waals surface area contributed by atoms with Gasteiger partial charge in [0.1, 0.15) is 29.7 Å². The Hall–Kier alpha value is -4.52. The molecule has 2 N–H and O–H groups in total. The summed E-state index contributed by atoms with van der Waals surface area (Å²) in [4.78, 5) is 22.4. The molecule has 0 aromatic heterocycles. The number of nitrogens with zero attached hydrogens (tertiary/aromatic N) is 2. The van der Waals surface area contributed by atoms with Crippen LogP contribution < -0.4 is 18.9 Å². The van der Waals surface area contributed by atoms with Crippen molar-refractivity contribution < 1.29 is 48.3 Å². The molecule has 0 spiro atoms. The second-order valence-corrected chi connectivity index (χ2v) is 16.1. The van der Waals surface area contributed by atoms with Crippen LogP contribution in [0.3, 0.4) is 0 Å². The van der Waals surface area contributed by atoms with Crippen molar-refractivity contribution in [2.24, 2.45) is 22.9 Å². The van der Waals surface area contributed by atoms with E-state index in [1.807, 2.05) is 51.1 Å². The molecule has 2 aromatic carbocycles. The number of aliphatic hydroxyl groups is 2. The minimum absolute atomic E-state index is 0.0708. The van der Waals surface area contributed by atoms with Crippen molar-refractivity contribution in [1.29, 1.82) is 0 Å². The highest BCUT2D eigenvalue weighted by molar-refractivity contribution is 6.03. The van der Waals surface area contributed by atoms with E-state index >= 15 is 0 Å². The highest BCUT2D eigenvalue weighted by atomic mass is 16.7. The number of ether oxygens (including phenoxy) is 6. The Morgan fingerprint density at radius 1 is 0.982 bits per heavy atom. The average molecular weight is 789 g/mol. The van der Waals surface area contributed by atoms with Gasteiger partial charge in [-0.25, -0.2) is 4.79 Å². The third kappa shape index (κ3) is 9.29. The van der Waals surface area contributed by atoms with Crippen LogP contribution in [0.5, 0.6) is 23.0 Å². The summed E-state index contributed by atoms with van der Waals surface area (Å²) in [5.74, 6) is 0.637. The molecular formula is C45H60N2O10. The lowest BCUT2D eigenvalue weighted by atomic mass is 9.55. The standard InChI is InChI=1S/C45H60N2O10/c1-7-22-52-32-17-19-37-35(26-32)41-33(15-11-13-21-49)31(14-10-12-20-48)25-34-36(46-57-44(4,5)6)27-40(45(56-37,42(34)41)55-23-8-2)47(43(50)51-9-3)28-30-16-18-38-39(24-30)54-29-53-38/h7-8,16-19,24-26,31,33,40-42,48-49H,1-2,9-15,20-23,27-29H2,3-6H3. The first-order valence-electron chi connectivity index (χ1n) is 20.4. The normalized spacial score (nSPS) is 25.1. The summed E-state index contributed by atoms with van der Waals surface area (Å²) >= 11 is 0. The first-order chi connectivity index (χ1) is 27.6. The Balaban J connectivity index is 1.61. The van der Waals surface area contributed by atoms with E-state index in [0.29, 0.717) is 48.2 Å². The summed E-state index contributed by atoms with van der Waals surface area (Å²) in [7, 11) is 0. The first-order valence-corrected chi connectivity index (χ1v) is 20.4. The molecule has 6 unspecified atom stereocenters. The SMILES string of the molecule is C=CCOc1ccc2c(c1)C1C(CCCCO)C(CCCCO)C=C3C(=NOC(C)(C)C)CC(N(Cc4ccc5c(c4)OCO5)C(=O)OCC)C(OCC=C)(O2)C31. The Kier molecular flexibility index (Phi) is 13.9. The molecule has 1 fully saturated rings. The van der Waals surface area contributed by atoms with Gasteiger partial charge in [-0.15, -0.1) is 6.58 Å². The highest BCUT2D eigenvalue weighted by Gasteiger charge is 2.65. The Labute approximate surface area is 337 Å². The van der Waals surface area contributed by atoms with Crippen molar-refractivity contribution in [3.05, 3.63) is 84.5 Å². The molecule has 310 valence electrons. The zero-order chi connectivity index (χ0) is 40.6. The van der Waals surface area contributed by atoms with Crippen molar-refractivity contribution >= 4 is 11.8 Å². The zero-order valence-electron chi connectivity index (χ0n) is 34.0. The van der Waals surface area contributed by atoms with Crippen LogP contribution in [-0.2, 0) is 20.9 Å². The fourth-order valence-corrected chi connectivity index (χ4v) is 8.83. The lowest BCUT2D eigenvalue weighted by Crippen LogP contribution is -2.70. The number of hydrogen-bond acceptors (Lipinski definition) is 11. The number of benzene rings is 2. The molecule has 0 radical (unpaired) electrons. The van der Waals surface area contributed by atoms with E-state index in [9.17, 15) is 15.0 Å². The number of carbonyl (C=O) groups is 1. The van der Waals surface area contributed by atoms with Gasteiger partial charge in [-0.1, -0.05) is 48.9 Å². The van der Waals surface area contributed by atoms with Crippen LogP contribution in [-0.4, -0.2) is 84.2 Å². The summed E-state index contributed by atoms with van der Waals surface area (Å²) < 4.78 is 37.6. The van der Waals surface area contributed by atoms with E-state index < -0.39 is 29.4 Å². The second-order valence-electron chi connectivity index (χ2n) is 16.1. The monoisotopic (exact) mass is 788 g/mol. The van der Waals surface area contributed by atoms with Gasteiger partial charge >= 0.3 is 6.09 Å². The van der Waals surface area contributed by atoms with Crippen LogP contribution in [0.2, 0.25) is 0 Å². The van der Waals surface area contributed by atoms with Crippen LogP contribution in [0.1, 0.15) is 89.7 Å². The van der Waals surface area contributed by atoms with E-state index in [4.69, 9.17) is 38.4 Å². The molecule has 1 saturated carbocycles. The summed E-state index contributed by atoms with van der Waals surface area (Å²) in [6.45, 7) is 16.7. The summed E-state index contributed by atoms with van der Waals surface area (Å²) in [5.41, 5.74) is 2.84. The molecule has 57 heavy (non-hydrogen) atoms.